The number of nitrogens with zero attached hydrogens (tertiary/aromatic N) is 3. The van der Waals surface area contributed by atoms with Gasteiger partial charge >= 0.3 is 0 Å². The van der Waals surface area contributed by atoms with Crippen LogP contribution in [0.5, 0.6) is 0 Å². The molecule has 0 saturated heterocycles. The van der Waals surface area contributed by atoms with Crippen molar-refractivity contribution in [2.45, 2.75) is 31.8 Å². The minimum absolute atomic E-state index is 0.0240. The van der Waals surface area contributed by atoms with Gasteiger partial charge in [-0.05, 0) is 24.3 Å². The number of nitrogens with one attached hydrogen (secondary N) is 1. The number of aromatic nitrogens is 3. The smallest absolute Gasteiger partial charge is 0.261 e. The van der Waals surface area contributed by atoms with E-state index in [0.29, 0.717) is 0 Å². The number of rotatable bonds is 3. The molecule has 3 aromatic rings. The monoisotopic (exact) mass is 338 g/mol. The predicted octanol–water partition coefficient (Wildman–Crippen LogP) is 3.14. The first kappa shape index (κ1) is 15.1. The number of hydrogen-bond acceptors (Lipinski definition) is 4. The summed E-state index contributed by atoms with van der Waals surface area (Å²) >= 11 is 1.47. The zero-order chi connectivity index (χ0) is 16.4. The Hall–Kier alpha value is -2.47. The highest BCUT2D eigenvalue weighted by Gasteiger charge is 2.22. The van der Waals surface area contributed by atoms with Crippen LogP contribution in [0.1, 0.15) is 28.3 Å². The number of fused-ring (bicyclic) bond motifs is 1. The highest BCUT2D eigenvalue weighted by molar-refractivity contribution is 7.12. The third-order valence-electron chi connectivity index (χ3n) is 4.36. The van der Waals surface area contributed by atoms with Crippen LogP contribution >= 0.6 is 11.3 Å². The lowest BCUT2D eigenvalue weighted by atomic mass is 10.1. The van der Waals surface area contributed by atoms with Gasteiger partial charge in [0.15, 0.2) is 5.82 Å². The van der Waals surface area contributed by atoms with Crippen molar-refractivity contribution in [3.63, 3.8) is 0 Å². The molecule has 1 unspecified atom stereocenters. The fourth-order valence-corrected chi connectivity index (χ4v) is 3.72. The molecule has 3 heterocycles. The third kappa shape index (κ3) is 2.97. The Bertz CT molecular complexity index is 826. The molecule has 1 amide bonds. The van der Waals surface area contributed by atoms with E-state index in [4.69, 9.17) is 0 Å². The van der Waals surface area contributed by atoms with Gasteiger partial charge in [-0.3, -0.25) is 4.79 Å². The fraction of sp³-hybridized carbons (Fsp3) is 0.278. The van der Waals surface area contributed by atoms with Crippen LogP contribution in [-0.4, -0.2) is 26.7 Å². The first-order chi connectivity index (χ1) is 11.8. The first-order valence-corrected chi connectivity index (χ1v) is 9.01. The molecule has 6 heteroatoms. The van der Waals surface area contributed by atoms with Crippen molar-refractivity contribution in [1.29, 1.82) is 0 Å². The standard InChI is InChI=1S/C18H18N4OS/c23-18(15-7-4-12-24-15)19-14-8-9-16-20-21-17(22(16)11-10-14)13-5-2-1-3-6-13/h1-7,12,14H,8-11H2,(H,19,23). The molecule has 5 nitrogen and oxygen atoms in total. The minimum atomic E-state index is 0.0240. The van der Waals surface area contributed by atoms with Crippen LogP contribution in [0.25, 0.3) is 11.4 Å². The Balaban J connectivity index is 1.49. The fourth-order valence-electron chi connectivity index (χ4n) is 3.10. The Morgan fingerprint density at radius 3 is 2.79 bits per heavy atom. The van der Waals surface area contributed by atoms with E-state index in [1.165, 1.54) is 11.3 Å². The van der Waals surface area contributed by atoms with E-state index >= 15 is 0 Å². The van der Waals surface area contributed by atoms with Gasteiger partial charge in [-0.15, -0.1) is 21.5 Å². The molecule has 1 atom stereocenters. The molecule has 122 valence electrons. The summed E-state index contributed by atoms with van der Waals surface area (Å²) in [6.07, 6.45) is 2.61. The SMILES string of the molecule is O=C(NC1CCc2nnc(-c3ccccc3)n2CC1)c1cccs1. The van der Waals surface area contributed by atoms with Crippen molar-refractivity contribution < 1.29 is 4.79 Å². The summed E-state index contributed by atoms with van der Waals surface area (Å²) in [6, 6.07) is 14.1. The quantitative estimate of drug-likeness (QED) is 0.798. The van der Waals surface area contributed by atoms with Crippen LogP contribution in [-0.2, 0) is 13.0 Å². The van der Waals surface area contributed by atoms with Crippen molar-refractivity contribution in [2.24, 2.45) is 0 Å². The number of hydrogen-bond donors (Lipinski definition) is 1. The van der Waals surface area contributed by atoms with Gasteiger partial charge in [-0.25, -0.2) is 0 Å². The second-order valence-corrected chi connectivity index (χ2v) is 6.88. The average Bonchev–Trinajstić information content (AvgIpc) is 3.24. The molecular formula is C18H18N4OS. The van der Waals surface area contributed by atoms with Gasteiger partial charge in [0.05, 0.1) is 4.88 Å². The second kappa shape index (κ2) is 6.57. The largest absolute Gasteiger partial charge is 0.349 e. The second-order valence-electron chi connectivity index (χ2n) is 5.93. The summed E-state index contributed by atoms with van der Waals surface area (Å²) in [5.41, 5.74) is 1.08. The molecule has 1 aliphatic heterocycles. The Kier molecular flexibility index (Phi) is 4.13. The molecule has 0 saturated carbocycles. The lowest BCUT2D eigenvalue weighted by molar-refractivity contribution is 0.0937. The third-order valence-corrected chi connectivity index (χ3v) is 5.23. The van der Waals surface area contributed by atoms with Gasteiger partial charge < -0.3 is 9.88 Å². The predicted molar refractivity (Wildman–Crippen MR) is 94.0 cm³/mol. The Labute approximate surface area is 144 Å². The maximum atomic E-state index is 12.3. The van der Waals surface area contributed by atoms with Crippen molar-refractivity contribution in [1.82, 2.24) is 20.1 Å². The zero-order valence-corrected chi connectivity index (χ0v) is 14.0. The molecule has 1 aliphatic rings. The number of benzene rings is 1. The highest BCUT2D eigenvalue weighted by atomic mass is 32.1. The first-order valence-electron chi connectivity index (χ1n) is 8.13. The van der Waals surface area contributed by atoms with Crippen LogP contribution in [0, 0.1) is 0 Å². The molecule has 1 aromatic carbocycles. The molecule has 0 spiro atoms. The summed E-state index contributed by atoms with van der Waals surface area (Å²) in [4.78, 5) is 13.0. The van der Waals surface area contributed by atoms with E-state index in [1.54, 1.807) is 0 Å². The van der Waals surface area contributed by atoms with E-state index in [2.05, 4.69) is 32.2 Å². The summed E-state index contributed by atoms with van der Waals surface area (Å²) in [5.74, 6) is 1.94. The van der Waals surface area contributed by atoms with Crippen molar-refractivity contribution in [3.05, 3.63) is 58.5 Å². The maximum Gasteiger partial charge on any atom is 0.261 e. The van der Waals surface area contributed by atoms with Crippen molar-refractivity contribution in [2.75, 3.05) is 0 Å². The lowest BCUT2D eigenvalue weighted by Gasteiger charge is -2.15. The van der Waals surface area contributed by atoms with Crippen LogP contribution in [0.3, 0.4) is 0 Å². The maximum absolute atomic E-state index is 12.3. The van der Waals surface area contributed by atoms with Gasteiger partial charge in [0.1, 0.15) is 5.82 Å². The van der Waals surface area contributed by atoms with Crippen LogP contribution in [0.2, 0.25) is 0 Å². The van der Waals surface area contributed by atoms with E-state index in [1.807, 2.05) is 35.7 Å². The number of carbonyl (C=O) groups is 1. The van der Waals surface area contributed by atoms with Gasteiger partial charge in [-0.1, -0.05) is 36.4 Å². The Morgan fingerprint density at radius 1 is 1.12 bits per heavy atom. The molecule has 0 radical (unpaired) electrons. The number of thiophene rings is 1. The summed E-state index contributed by atoms with van der Waals surface area (Å²) in [5, 5.41) is 13.8. The molecule has 0 fully saturated rings. The van der Waals surface area contributed by atoms with E-state index in [-0.39, 0.29) is 11.9 Å². The topological polar surface area (TPSA) is 59.8 Å². The molecule has 0 aliphatic carbocycles. The van der Waals surface area contributed by atoms with Gasteiger partial charge in [0.25, 0.3) is 5.91 Å². The van der Waals surface area contributed by atoms with E-state index in [0.717, 1.165) is 47.9 Å². The van der Waals surface area contributed by atoms with Gasteiger partial charge in [-0.2, -0.15) is 0 Å². The van der Waals surface area contributed by atoms with Crippen LogP contribution in [0.15, 0.2) is 47.8 Å². The summed E-state index contributed by atoms with van der Waals surface area (Å²) < 4.78 is 2.19. The zero-order valence-electron chi connectivity index (χ0n) is 13.2. The molecule has 4 rings (SSSR count). The van der Waals surface area contributed by atoms with Crippen LogP contribution in [0.4, 0.5) is 0 Å². The lowest BCUT2D eigenvalue weighted by Crippen LogP contribution is -2.34. The van der Waals surface area contributed by atoms with Crippen molar-refractivity contribution >= 4 is 17.2 Å². The normalized spacial score (nSPS) is 17.1. The number of aryl methyl sites for hydroxylation is 1. The molecule has 24 heavy (non-hydrogen) atoms. The minimum Gasteiger partial charge on any atom is -0.349 e. The summed E-state index contributed by atoms with van der Waals surface area (Å²) in [6.45, 7) is 0.821. The van der Waals surface area contributed by atoms with Gasteiger partial charge in [0, 0.05) is 24.6 Å². The average molecular weight is 338 g/mol. The van der Waals surface area contributed by atoms with Gasteiger partial charge in [0.2, 0.25) is 0 Å². The molecular weight excluding hydrogens is 320 g/mol. The van der Waals surface area contributed by atoms with Crippen molar-refractivity contribution in [3.8, 4) is 11.4 Å². The number of amides is 1. The van der Waals surface area contributed by atoms with E-state index < -0.39 is 0 Å². The summed E-state index contributed by atoms with van der Waals surface area (Å²) in [7, 11) is 0. The highest BCUT2D eigenvalue weighted by Crippen LogP contribution is 2.22. The molecule has 2 aromatic heterocycles. The van der Waals surface area contributed by atoms with E-state index in [9.17, 15) is 4.79 Å². The van der Waals surface area contributed by atoms with Crippen LogP contribution < -0.4 is 5.32 Å². The Morgan fingerprint density at radius 2 is 2.00 bits per heavy atom. The number of carbonyl (C=O) groups excluding carboxylic acids is 1. The molecule has 1 N–H and O–H groups in total. The molecule has 0 bridgehead atoms.